The summed E-state index contributed by atoms with van der Waals surface area (Å²) in [5, 5.41) is 6.12. The summed E-state index contributed by atoms with van der Waals surface area (Å²) in [6, 6.07) is 9.57. The smallest absolute Gasteiger partial charge is 0.257 e. The quantitative estimate of drug-likeness (QED) is 0.875. The van der Waals surface area contributed by atoms with E-state index in [2.05, 4.69) is 22.5 Å². The summed E-state index contributed by atoms with van der Waals surface area (Å²) < 4.78 is 0. The van der Waals surface area contributed by atoms with Crippen LogP contribution in [0.2, 0.25) is 0 Å². The van der Waals surface area contributed by atoms with Crippen molar-refractivity contribution in [3.8, 4) is 0 Å². The van der Waals surface area contributed by atoms with Crippen molar-refractivity contribution in [1.82, 2.24) is 4.98 Å². The zero-order valence-corrected chi connectivity index (χ0v) is 11.8. The fourth-order valence-electron chi connectivity index (χ4n) is 2.06. The van der Waals surface area contributed by atoms with Crippen LogP contribution >= 0.6 is 0 Å². The zero-order chi connectivity index (χ0) is 14.4. The van der Waals surface area contributed by atoms with Gasteiger partial charge in [-0.1, -0.05) is 25.1 Å². The summed E-state index contributed by atoms with van der Waals surface area (Å²) in [4.78, 5) is 16.4. The van der Waals surface area contributed by atoms with Crippen molar-refractivity contribution < 1.29 is 4.79 Å². The highest BCUT2D eigenvalue weighted by molar-refractivity contribution is 6.08. The van der Waals surface area contributed by atoms with Crippen molar-refractivity contribution in [2.24, 2.45) is 0 Å². The molecule has 2 aromatic rings. The van der Waals surface area contributed by atoms with Crippen molar-refractivity contribution in [3.63, 3.8) is 0 Å². The van der Waals surface area contributed by atoms with Gasteiger partial charge in [0.2, 0.25) is 0 Å². The number of aryl methyl sites for hydroxylation is 1. The number of anilines is 2. The first-order chi connectivity index (χ1) is 9.76. The van der Waals surface area contributed by atoms with E-state index < -0.39 is 0 Å². The molecule has 20 heavy (non-hydrogen) atoms. The number of aromatic nitrogens is 1. The second-order valence-electron chi connectivity index (χ2n) is 4.42. The maximum Gasteiger partial charge on any atom is 0.257 e. The number of pyridine rings is 1. The van der Waals surface area contributed by atoms with Gasteiger partial charge in [-0.05, 0) is 31.0 Å². The number of hydrogen-bond acceptors (Lipinski definition) is 3. The predicted octanol–water partition coefficient (Wildman–Crippen LogP) is 3.33. The number of nitrogens with one attached hydrogen (secondary N) is 2. The fraction of sp³-hybridized carbons (Fsp3) is 0.250. The minimum atomic E-state index is -0.121. The molecule has 2 rings (SSSR count). The van der Waals surface area contributed by atoms with E-state index in [4.69, 9.17) is 0 Å². The van der Waals surface area contributed by atoms with Gasteiger partial charge in [-0.2, -0.15) is 0 Å². The number of carbonyl (C=O) groups is 1. The van der Waals surface area contributed by atoms with Gasteiger partial charge in [0.15, 0.2) is 0 Å². The zero-order valence-electron chi connectivity index (χ0n) is 11.8. The number of benzene rings is 1. The number of rotatable bonds is 5. The van der Waals surface area contributed by atoms with Gasteiger partial charge in [0.05, 0.1) is 17.4 Å². The first-order valence-corrected chi connectivity index (χ1v) is 6.83. The van der Waals surface area contributed by atoms with Gasteiger partial charge in [0.1, 0.15) is 0 Å². The van der Waals surface area contributed by atoms with E-state index in [-0.39, 0.29) is 5.91 Å². The van der Waals surface area contributed by atoms with Crippen LogP contribution < -0.4 is 10.6 Å². The van der Waals surface area contributed by atoms with E-state index in [0.29, 0.717) is 5.56 Å². The van der Waals surface area contributed by atoms with E-state index >= 15 is 0 Å². The standard InChI is InChI=1S/C16H19N3O/c1-3-12-7-5-6-8-14(12)19-16(20)13-9-10-17-11-15(13)18-4-2/h5-11,18H,3-4H2,1-2H3,(H,19,20). The van der Waals surface area contributed by atoms with Gasteiger partial charge in [-0.25, -0.2) is 0 Å². The molecule has 1 aromatic heterocycles. The molecule has 0 atom stereocenters. The molecular weight excluding hydrogens is 250 g/mol. The van der Waals surface area contributed by atoms with E-state index in [1.54, 1.807) is 18.5 Å². The molecule has 0 saturated carbocycles. The molecule has 1 heterocycles. The molecule has 1 amide bonds. The summed E-state index contributed by atoms with van der Waals surface area (Å²) in [6.45, 7) is 4.81. The third-order valence-electron chi connectivity index (χ3n) is 3.08. The number of nitrogens with zero attached hydrogens (tertiary/aromatic N) is 1. The SMILES string of the molecule is CCNc1cnccc1C(=O)Nc1ccccc1CC. The Bertz CT molecular complexity index is 596. The molecule has 0 aliphatic heterocycles. The van der Waals surface area contributed by atoms with Crippen molar-refractivity contribution in [2.45, 2.75) is 20.3 Å². The molecule has 4 nitrogen and oxygen atoms in total. The predicted molar refractivity (Wildman–Crippen MR) is 82.2 cm³/mol. The Labute approximate surface area is 119 Å². The molecule has 2 N–H and O–H groups in total. The van der Waals surface area contributed by atoms with Crippen molar-refractivity contribution >= 4 is 17.3 Å². The van der Waals surface area contributed by atoms with Gasteiger partial charge in [0, 0.05) is 18.4 Å². The topological polar surface area (TPSA) is 54.0 Å². The van der Waals surface area contributed by atoms with Crippen molar-refractivity contribution in [3.05, 3.63) is 53.9 Å². The number of carbonyl (C=O) groups excluding carboxylic acids is 1. The number of hydrogen-bond donors (Lipinski definition) is 2. The second-order valence-corrected chi connectivity index (χ2v) is 4.42. The Morgan fingerprint density at radius 3 is 2.70 bits per heavy atom. The van der Waals surface area contributed by atoms with Crippen molar-refractivity contribution in [2.75, 3.05) is 17.2 Å². The average molecular weight is 269 g/mol. The van der Waals surface area contributed by atoms with Crippen LogP contribution in [0.1, 0.15) is 29.8 Å². The van der Waals surface area contributed by atoms with Gasteiger partial charge in [-0.3, -0.25) is 9.78 Å². The second kappa shape index (κ2) is 6.70. The van der Waals surface area contributed by atoms with Gasteiger partial charge in [0.25, 0.3) is 5.91 Å². The van der Waals surface area contributed by atoms with Crippen LogP contribution in [0, 0.1) is 0 Å². The van der Waals surface area contributed by atoms with Crippen LogP contribution in [-0.4, -0.2) is 17.4 Å². The molecule has 0 aliphatic carbocycles. The molecule has 0 unspecified atom stereocenters. The molecule has 1 aromatic carbocycles. The highest BCUT2D eigenvalue weighted by Crippen LogP contribution is 2.19. The summed E-state index contributed by atoms with van der Waals surface area (Å²) in [7, 11) is 0. The lowest BCUT2D eigenvalue weighted by molar-refractivity contribution is 0.102. The minimum Gasteiger partial charge on any atom is -0.383 e. The van der Waals surface area contributed by atoms with Gasteiger partial charge in [-0.15, -0.1) is 0 Å². The van der Waals surface area contributed by atoms with Crippen LogP contribution in [0.5, 0.6) is 0 Å². The molecule has 0 fully saturated rings. The summed E-state index contributed by atoms with van der Waals surface area (Å²) >= 11 is 0. The highest BCUT2D eigenvalue weighted by atomic mass is 16.1. The molecule has 0 radical (unpaired) electrons. The molecular formula is C16H19N3O. The largest absolute Gasteiger partial charge is 0.383 e. The minimum absolute atomic E-state index is 0.121. The highest BCUT2D eigenvalue weighted by Gasteiger charge is 2.12. The fourth-order valence-corrected chi connectivity index (χ4v) is 2.06. The molecule has 104 valence electrons. The van der Waals surface area contributed by atoms with Crippen LogP contribution in [0.4, 0.5) is 11.4 Å². The normalized spacial score (nSPS) is 10.1. The first-order valence-electron chi connectivity index (χ1n) is 6.83. The molecule has 0 aliphatic rings. The molecule has 0 bridgehead atoms. The Hall–Kier alpha value is -2.36. The van der Waals surface area contributed by atoms with Crippen LogP contribution in [0.25, 0.3) is 0 Å². The van der Waals surface area contributed by atoms with Crippen molar-refractivity contribution in [1.29, 1.82) is 0 Å². The maximum atomic E-state index is 12.4. The van der Waals surface area contributed by atoms with Gasteiger partial charge >= 0.3 is 0 Å². The van der Waals surface area contributed by atoms with E-state index in [1.165, 1.54) is 0 Å². The summed E-state index contributed by atoms with van der Waals surface area (Å²) in [5.74, 6) is -0.121. The average Bonchev–Trinajstić information content (AvgIpc) is 2.48. The Morgan fingerprint density at radius 2 is 1.95 bits per heavy atom. The third-order valence-corrected chi connectivity index (χ3v) is 3.08. The first kappa shape index (κ1) is 14.1. The Morgan fingerprint density at radius 1 is 1.15 bits per heavy atom. The maximum absolute atomic E-state index is 12.4. The Balaban J connectivity index is 2.24. The number of para-hydroxylation sites is 1. The van der Waals surface area contributed by atoms with Crippen LogP contribution in [0.15, 0.2) is 42.7 Å². The molecule has 0 saturated heterocycles. The lowest BCUT2D eigenvalue weighted by Gasteiger charge is -2.12. The molecule has 0 spiro atoms. The Kier molecular flexibility index (Phi) is 4.71. The van der Waals surface area contributed by atoms with E-state index in [1.807, 2.05) is 31.2 Å². The lowest BCUT2D eigenvalue weighted by atomic mass is 10.1. The summed E-state index contributed by atoms with van der Waals surface area (Å²) in [5.41, 5.74) is 3.34. The van der Waals surface area contributed by atoms with E-state index in [9.17, 15) is 4.79 Å². The monoisotopic (exact) mass is 269 g/mol. The van der Waals surface area contributed by atoms with Gasteiger partial charge < -0.3 is 10.6 Å². The number of amides is 1. The van der Waals surface area contributed by atoms with Crippen LogP contribution in [0.3, 0.4) is 0 Å². The summed E-state index contributed by atoms with van der Waals surface area (Å²) in [6.07, 6.45) is 4.18. The molecule has 4 heteroatoms. The third kappa shape index (κ3) is 3.15. The van der Waals surface area contributed by atoms with E-state index in [0.717, 1.165) is 29.9 Å². The van der Waals surface area contributed by atoms with Crippen LogP contribution in [-0.2, 0) is 6.42 Å². The lowest BCUT2D eigenvalue weighted by Crippen LogP contribution is -2.16.